The second-order valence-electron chi connectivity index (χ2n) is 8.35. The van der Waals surface area contributed by atoms with Gasteiger partial charge in [0.2, 0.25) is 9.84 Å². The van der Waals surface area contributed by atoms with Gasteiger partial charge < -0.3 is 10.1 Å². The van der Waals surface area contributed by atoms with Crippen LogP contribution in [0.2, 0.25) is 0 Å². The van der Waals surface area contributed by atoms with Crippen molar-refractivity contribution < 1.29 is 17.9 Å². The van der Waals surface area contributed by atoms with Crippen molar-refractivity contribution in [1.82, 2.24) is 25.5 Å². The molecule has 0 spiro atoms. The third-order valence-corrected chi connectivity index (χ3v) is 6.46. The summed E-state index contributed by atoms with van der Waals surface area (Å²) in [4.78, 5) is 11.9. The fourth-order valence-electron chi connectivity index (χ4n) is 3.44. The number of rotatable bonds is 5. The van der Waals surface area contributed by atoms with Crippen molar-refractivity contribution >= 4 is 15.9 Å². The fourth-order valence-corrected chi connectivity index (χ4v) is 5.11. The van der Waals surface area contributed by atoms with Crippen LogP contribution in [0.15, 0.2) is 35.5 Å². The Balaban J connectivity index is 1.58. The predicted octanol–water partition coefficient (Wildman–Crippen LogP) is 2.52. The molecular formula is C19H27N5O4S. The maximum absolute atomic E-state index is 12.9. The van der Waals surface area contributed by atoms with Gasteiger partial charge in [-0.15, -0.1) is 0 Å². The molecule has 1 fully saturated rings. The van der Waals surface area contributed by atoms with E-state index in [-0.39, 0.29) is 22.9 Å². The van der Waals surface area contributed by atoms with Crippen LogP contribution in [0.5, 0.6) is 0 Å². The molecule has 1 aromatic carbocycles. The van der Waals surface area contributed by atoms with Gasteiger partial charge in [-0.05, 0) is 74.9 Å². The Hall–Kier alpha value is -2.49. The third-order valence-electron chi connectivity index (χ3n) is 4.74. The topological polar surface area (TPSA) is 116 Å². The van der Waals surface area contributed by atoms with Gasteiger partial charge in [-0.25, -0.2) is 13.2 Å². The summed E-state index contributed by atoms with van der Waals surface area (Å²) in [5, 5.41) is 13.9. The molecular weight excluding hydrogens is 394 g/mol. The summed E-state index contributed by atoms with van der Waals surface area (Å²) in [5.41, 5.74) is 0.0549. The van der Waals surface area contributed by atoms with Crippen LogP contribution in [-0.4, -0.2) is 52.1 Å². The molecule has 0 aliphatic heterocycles. The fraction of sp³-hybridized carbons (Fsp3) is 0.579. The lowest BCUT2D eigenvalue weighted by Gasteiger charge is -2.29. The molecule has 9 nitrogen and oxygen atoms in total. The van der Waals surface area contributed by atoms with Gasteiger partial charge in [0.1, 0.15) is 5.60 Å². The third kappa shape index (κ3) is 5.75. The molecule has 1 aliphatic carbocycles. The molecule has 0 radical (unpaired) electrons. The van der Waals surface area contributed by atoms with Crippen LogP contribution in [0.4, 0.5) is 4.79 Å². The Morgan fingerprint density at radius 2 is 1.83 bits per heavy atom. The van der Waals surface area contributed by atoms with E-state index in [0.717, 1.165) is 0 Å². The van der Waals surface area contributed by atoms with Gasteiger partial charge in [0.15, 0.2) is 0 Å². The van der Waals surface area contributed by atoms with Crippen LogP contribution in [0.3, 0.4) is 0 Å². The zero-order valence-electron chi connectivity index (χ0n) is 16.9. The predicted molar refractivity (Wildman–Crippen MR) is 106 cm³/mol. The highest BCUT2D eigenvalue weighted by Gasteiger charge is 2.31. The molecule has 2 aromatic rings. The van der Waals surface area contributed by atoms with Gasteiger partial charge in [-0.2, -0.15) is 4.68 Å². The molecule has 158 valence electrons. The van der Waals surface area contributed by atoms with Crippen LogP contribution < -0.4 is 5.32 Å². The summed E-state index contributed by atoms with van der Waals surface area (Å²) in [7, 11) is -3.65. The second-order valence-corrected chi connectivity index (χ2v) is 10.3. The molecule has 0 saturated heterocycles. The summed E-state index contributed by atoms with van der Waals surface area (Å²) < 4.78 is 32.4. The van der Waals surface area contributed by atoms with Crippen molar-refractivity contribution in [3.8, 4) is 5.69 Å². The van der Waals surface area contributed by atoms with E-state index in [1.807, 2.05) is 26.8 Å². The standard InChI is InChI=1S/C19H27N5O4S/c1-19(2,3)28-18(25)20-15-11-9-14(10-12-15)13-29(26,27)17-21-22-23-24(17)16-7-5-4-6-8-16/h4-8,14-15H,9-13H2,1-3H3,(H,20,25). The van der Waals surface area contributed by atoms with E-state index in [0.29, 0.717) is 31.4 Å². The van der Waals surface area contributed by atoms with Crippen molar-refractivity contribution in [2.75, 3.05) is 5.75 Å². The number of sulfone groups is 1. The minimum atomic E-state index is -3.65. The highest BCUT2D eigenvalue weighted by molar-refractivity contribution is 7.91. The van der Waals surface area contributed by atoms with Gasteiger partial charge >= 0.3 is 6.09 Å². The Morgan fingerprint density at radius 1 is 1.17 bits per heavy atom. The number of ether oxygens (including phenoxy) is 1. The van der Waals surface area contributed by atoms with E-state index < -0.39 is 21.5 Å². The Bertz CT molecular complexity index is 929. The van der Waals surface area contributed by atoms with E-state index >= 15 is 0 Å². The van der Waals surface area contributed by atoms with Gasteiger partial charge in [0.25, 0.3) is 5.16 Å². The molecule has 0 bridgehead atoms. The van der Waals surface area contributed by atoms with Gasteiger partial charge in [-0.3, -0.25) is 0 Å². The molecule has 1 N–H and O–H groups in total. The van der Waals surface area contributed by atoms with Gasteiger partial charge in [-0.1, -0.05) is 23.3 Å². The highest BCUT2D eigenvalue weighted by Crippen LogP contribution is 2.27. The van der Waals surface area contributed by atoms with E-state index in [1.165, 1.54) is 4.68 Å². The first-order valence-corrected chi connectivity index (χ1v) is 11.4. The molecule has 1 aromatic heterocycles. The number of amides is 1. The van der Waals surface area contributed by atoms with Crippen LogP contribution in [0.25, 0.3) is 5.69 Å². The molecule has 10 heteroatoms. The monoisotopic (exact) mass is 421 g/mol. The molecule has 1 saturated carbocycles. The number of para-hydroxylation sites is 1. The highest BCUT2D eigenvalue weighted by atomic mass is 32.2. The zero-order chi connectivity index (χ0) is 21.1. The van der Waals surface area contributed by atoms with Crippen LogP contribution >= 0.6 is 0 Å². The average Bonchev–Trinajstić information content (AvgIpc) is 3.13. The average molecular weight is 422 g/mol. The number of carbonyl (C=O) groups excluding carboxylic acids is 1. The first-order valence-electron chi connectivity index (χ1n) is 9.70. The number of tetrazole rings is 1. The summed E-state index contributed by atoms with van der Waals surface area (Å²) in [6.45, 7) is 5.45. The lowest BCUT2D eigenvalue weighted by atomic mass is 9.87. The molecule has 1 heterocycles. The molecule has 0 unspecified atom stereocenters. The van der Waals surface area contributed by atoms with Crippen molar-refractivity contribution in [3.05, 3.63) is 30.3 Å². The number of hydrogen-bond donors (Lipinski definition) is 1. The van der Waals surface area contributed by atoms with E-state index in [9.17, 15) is 13.2 Å². The molecule has 1 amide bonds. The smallest absolute Gasteiger partial charge is 0.407 e. The summed E-state index contributed by atoms with van der Waals surface area (Å²) in [6.07, 6.45) is 2.39. The molecule has 1 aliphatic rings. The Labute approximate surface area is 170 Å². The lowest BCUT2D eigenvalue weighted by Crippen LogP contribution is -2.41. The Morgan fingerprint density at radius 3 is 2.45 bits per heavy atom. The maximum atomic E-state index is 12.9. The lowest BCUT2D eigenvalue weighted by molar-refractivity contribution is 0.0488. The molecule has 29 heavy (non-hydrogen) atoms. The van der Waals surface area contributed by atoms with Crippen LogP contribution in [0, 0.1) is 5.92 Å². The van der Waals surface area contributed by atoms with Gasteiger partial charge in [0, 0.05) is 6.04 Å². The largest absolute Gasteiger partial charge is 0.444 e. The van der Waals surface area contributed by atoms with E-state index in [2.05, 4.69) is 20.8 Å². The number of hydrogen-bond acceptors (Lipinski definition) is 7. The van der Waals surface area contributed by atoms with E-state index in [4.69, 9.17) is 4.74 Å². The first-order chi connectivity index (χ1) is 13.6. The summed E-state index contributed by atoms with van der Waals surface area (Å²) in [5.74, 6) is -0.0167. The van der Waals surface area contributed by atoms with Crippen molar-refractivity contribution in [2.45, 2.75) is 63.3 Å². The quantitative estimate of drug-likeness (QED) is 0.788. The normalized spacial score (nSPS) is 20.2. The summed E-state index contributed by atoms with van der Waals surface area (Å²) >= 11 is 0. The van der Waals surface area contributed by atoms with Crippen LogP contribution in [0.1, 0.15) is 46.5 Å². The number of nitrogens with one attached hydrogen (secondary N) is 1. The van der Waals surface area contributed by atoms with E-state index in [1.54, 1.807) is 24.3 Å². The number of nitrogens with zero attached hydrogens (tertiary/aromatic N) is 4. The number of alkyl carbamates (subject to hydrolysis) is 1. The zero-order valence-corrected chi connectivity index (χ0v) is 17.7. The summed E-state index contributed by atoms with van der Waals surface area (Å²) in [6, 6.07) is 8.94. The SMILES string of the molecule is CC(C)(C)OC(=O)NC1CCC(CS(=O)(=O)c2nnnn2-c2ccccc2)CC1. The second kappa shape index (κ2) is 8.48. The number of carbonyl (C=O) groups is 1. The van der Waals surface area contributed by atoms with Gasteiger partial charge in [0.05, 0.1) is 11.4 Å². The first kappa shape index (κ1) is 21.2. The number of aromatic nitrogens is 4. The van der Waals surface area contributed by atoms with Crippen molar-refractivity contribution in [2.24, 2.45) is 5.92 Å². The Kier molecular flexibility index (Phi) is 6.21. The van der Waals surface area contributed by atoms with Crippen molar-refractivity contribution in [1.29, 1.82) is 0 Å². The molecule has 0 atom stereocenters. The van der Waals surface area contributed by atoms with Crippen LogP contribution in [-0.2, 0) is 14.6 Å². The minimum Gasteiger partial charge on any atom is -0.444 e. The minimum absolute atomic E-state index is 0.00144. The number of benzene rings is 1. The molecule has 3 rings (SSSR count). The van der Waals surface area contributed by atoms with Crippen molar-refractivity contribution in [3.63, 3.8) is 0 Å². The maximum Gasteiger partial charge on any atom is 0.407 e.